The number of phenolic OH excluding ortho intramolecular Hbond substituents is 1. The summed E-state index contributed by atoms with van der Waals surface area (Å²) in [5.74, 6) is -2.78. The van der Waals surface area contributed by atoms with Gasteiger partial charge in [0.05, 0.1) is 11.1 Å². The fourth-order valence-corrected chi connectivity index (χ4v) is 1.47. The van der Waals surface area contributed by atoms with Gasteiger partial charge in [-0.2, -0.15) is 26.3 Å². The number of benzene rings is 1. The molecule has 20 heavy (non-hydrogen) atoms. The van der Waals surface area contributed by atoms with Crippen molar-refractivity contribution in [2.45, 2.75) is 12.4 Å². The second-order valence-corrected chi connectivity index (χ2v) is 3.59. The van der Waals surface area contributed by atoms with Crippen LogP contribution in [0.25, 0.3) is 6.08 Å². The van der Waals surface area contributed by atoms with Crippen molar-refractivity contribution in [3.63, 3.8) is 0 Å². The third kappa shape index (κ3) is 3.43. The summed E-state index contributed by atoms with van der Waals surface area (Å²) in [7, 11) is 0. The highest BCUT2D eigenvalue weighted by atomic mass is 19.4. The molecule has 1 rings (SSSR count). The first-order valence-electron chi connectivity index (χ1n) is 4.86. The van der Waals surface area contributed by atoms with Crippen molar-refractivity contribution in [3.8, 4) is 5.75 Å². The third-order valence-corrected chi connectivity index (χ3v) is 2.20. The normalized spacial score (nSPS) is 12.9. The second kappa shape index (κ2) is 5.06. The van der Waals surface area contributed by atoms with Gasteiger partial charge in [-0.3, -0.25) is 0 Å². The average Bonchev–Trinajstić information content (AvgIpc) is 2.23. The minimum absolute atomic E-state index is 0.0796. The molecular formula is C11H6F6O3. The van der Waals surface area contributed by atoms with Gasteiger partial charge in [0.25, 0.3) is 0 Å². The van der Waals surface area contributed by atoms with Gasteiger partial charge in [0, 0.05) is 11.6 Å². The van der Waals surface area contributed by atoms with Crippen LogP contribution in [0.3, 0.4) is 0 Å². The number of hydrogen-bond acceptors (Lipinski definition) is 2. The first kappa shape index (κ1) is 15.9. The number of carboxylic acids is 1. The number of aliphatic carboxylic acids is 1. The number of carbonyl (C=O) groups is 1. The zero-order valence-electron chi connectivity index (χ0n) is 9.38. The van der Waals surface area contributed by atoms with Crippen LogP contribution in [-0.2, 0) is 17.1 Å². The molecule has 1 aromatic rings. The van der Waals surface area contributed by atoms with Crippen LogP contribution in [0.15, 0.2) is 18.2 Å². The molecule has 0 atom stereocenters. The predicted molar refractivity (Wildman–Crippen MR) is 54.8 cm³/mol. The van der Waals surface area contributed by atoms with Crippen LogP contribution >= 0.6 is 0 Å². The molecule has 0 fully saturated rings. The van der Waals surface area contributed by atoms with E-state index < -0.39 is 40.8 Å². The van der Waals surface area contributed by atoms with Crippen molar-refractivity contribution >= 4 is 12.0 Å². The molecule has 0 bridgehead atoms. The van der Waals surface area contributed by atoms with Crippen LogP contribution < -0.4 is 0 Å². The summed E-state index contributed by atoms with van der Waals surface area (Å²) in [6.45, 7) is 0. The minimum atomic E-state index is -5.41. The summed E-state index contributed by atoms with van der Waals surface area (Å²) < 4.78 is 76.0. The summed E-state index contributed by atoms with van der Waals surface area (Å²) in [6, 6.07) is 0.496. The largest absolute Gasteiger partial charge is 0.507 e. The molecular weight excluding hydrogens is 294 g/mol. The van der Waals surface area contributed by atoms with Crippen LogP contribution in [0.5, 0.6) is 5.75 Å². The number of phenols is 1. The Kier molecular flexibility index (Phi) is 4.02. The maximum absolute atomic E-state index is 12.8. The smallest absolute Gasteiger partial charge is 0.417 e. The molecule has 0 spiro atoms. The van der Waals surface area contributed by atoms with Gasteiger partial charge < -0.3 is 10.2 Å². The maximum atomic E-state index is 12.8. The van der Waals surface area contributed by atoms with E-state index >= 15 is 0 Å². The van der Waals surface area contributed by atoms with Crippen LogP contribution in [0.2, 0.25) is 0 Å². The molecule has 0 aliphatic rings. The lowest BCUT2D eigenvalue weighted by molar-refractivity contribution is -0.162. The van der Waals surface area contributed by atoms with Crippen molar-refractivity contribution in [2.24, 2.45) is 0 Å². The Hall–Kier alpha value is -2.19. The van der Waals surface area contributed by atoms with Gasteiger partial charge in [0.15, 0.2) is 0 Å². The number of carboxylic acid groups (broad SMARTS) is 1. The molecule has 9 heteroatoms. The third-order valence-electron chi connectivity index (χ3n) is 2.20. The van der Waals surface area contributed by atoms with Crippen LogP contribution in [0.4, 0.5) is 26.3 Å². The molecule has 110 valence electrons. The fourth-order valence-electron chi connectivity index (χ4n) is 1.47. The van der Waals surface area contributed by atoms with Crippen molar-refractivity contribution in [3.05, 3.63) is 34.9 Å². The molecule has 0 aliphatic heterocycles. The molecule has 0 amide bonds. The lowest BCUT2D eigenvalue weighted by Crippen LogP contribution is -2.18. The van der Waals surface area contributed by atoms with Gasteiger partial charge in [-0.15, -0.1) is 0 Å². The van der Waals surface area contributed by atoms with Gasteiger partial charge in [-0.05, 0) is 18.2 Å². The number of alkyl halides is 6. The molecule has 2 N–H and O–H groups in total. The summed E-state index contributed by atoms with van der Waals surface area (Å²) >= 11 is 0. The Bertz CT molecular complexity index is 557. The number of rotatable bonds is 2. The topological polar surface area (TPSA) is 57.5 Å². The minimum Gasteiger partial charge on any atom is -0.507 e. The summed E-state index contributed by atoms with van der Waals surface area (Å²) in [5.41, 5.74) is -5.40. The molecule has 0 unspecified atom stereocenters. The molecule has 1 aromatic carbocycles. The van der Waals surface area contributed by atoms with E-state index in [-0.39, 0.29) is 18.2 Å². The molecule has 3 nitrogen and oxygen atoms in total. The van der Waals surface area contributed by atoms with Crippen molar-refractivity contribution < 1.29 is 41.4 Å². The zero-order valence-corrected chi connectivity index (χ0v) is 9.38. The van der Waals surface area contributed by atoms with E-state index in [0.29, 0.717) is 6.07 Å². The summed E-state index contributed by atoms with van der Waals surface area (Å²) in [5, 5.41) is 17.6. The van der Waals surface area contributed by atoms with E-state index in [0.717, 1.165) is 0 Å². The number of aromatic hydroxyl groups is 1. The summed E-state index contributed by atoms with van der Waals surface area (Å²) in [6.07, 6.45) is -10.3. The molecule has 0 saturated carbocycles. The lowest BCUT2D eigenvalue weighted by atomic mass is 9.98. The molecule has 0 aromatic heterocycles. The van der Waals surface area contributed by atoms with Crippen LogP contribution in [-0.4, -0.2) is 16.2 Å². The Morgan fingerprint density at radius 3 is 2.00 bits per heavy atom. The summed E-state index contributed by atoms with van der Waals surface area (Å²) in [4.78, 5) is 10.3. The van der Waals surface area contributed by atoms with Gasteiger partial charge in [-0.25, -0.2) is 4.79 Å². The Balaban J connectivity index is 3.68. The molecule has 0 aliphatic carbocycles. The fraction of sp³-hybridized carbons (Fsp3) is 0.182. The highest BCUT2D eigenvalue weighted by Gasteiger charge is 2.45. The van der Waals surface area contributed by atoms with E-state index in [1.807, 2.05) is 0 Å². The lowest BCUT2D eigenvalue weighted by Gasteiger charge is -2.18. The Morgan fingerprint density at radius 2 is 1.60 bits per heavy atom. The highest BCUT2D eigenvalue weighted by Crippen LogP contribution is 2.44. The van der Waals surface area contributed by atoms with Crippen molar-refractivity contribution in [2.75, 3.05) is 0 Å². The number of halogens is 6. The SMILES string of the molecule is O=C(O)/C=C/c1c(O)ccc(C(F)(F)F)c1C(F)(F)F. The monoisotopic (exact) mass is 300 g/mol. The molecule has 0 saturated heterocycles. The highest BCUT2D eigenvalue weighted by molar-refractivity contribution is 5.86. The zero-order chi connectivity index (χ0) is 15.7. The van der Waals surface area contributed by atoms with Gasteiger partial charge in [-0.1, -0.05) is 0 Å². The van der Waals surface area contributed by atoms with E-state index in [2.05, 4.69) is 0 Å². The second-order valence-electron chi connectivity index (χ2n) is 3.59. The first-order chi connectivity index (χ1) is 8.94. The average molecular weight is 300 g/mol. The van der Waals surface area contributed by atoms with Crippen molar-refractivity contribution in [1.82, 2.24) is 0 Å². The van der Waals surface area contributed by atoms with E-state index in [9.17, 15) is 36.2 Å². The van der Waals surface area contributed by atoms with E-state index in [4.69, 9.17) is 5.11 Å². The molecule has 0 heterocycles. The van der Waals surface area contributed by atoms with Gasteiger partial charge in [0.2, 0.25) is 0 Å². The number of hydrogen-bond donors (Lipinski definition) is 2. The van der Waals surface area contributed by atoms with Gasteiger partial charge >= 0.3 is 18.3 Å². The predicted octanol–water partition coefficient (Wildman–Crippen LogP) is 3.53. The van der Waals surface area contributed by atoms with Crippen LogP contribution in [0.1, 0.15) is 16.7 Å². The van der Waals surface area contributed by atoms with Gasteiger partial charge in [0.1, 0.15) is 5.75 Å². The van der Waals surface area contributed by atoms with E-state index in [1.165, 1.54) is 0 Å². The van der Waals surface area contributed by atoms with Crippen LogP contribution in [0, 0.1) is 0 Å². The van der Waals surface area contributed by atoms with Crippen molar-refractivity contribution in [1.29, 1.82) is 0 Å². The Labute approximate surface area is 107 Å². The maximum Gasteiger partial charge on any atom is 0.417 e. The standard InChI is InChI=1S/C11H6F6O3/c12-10(13,14)6-2-3-7(18)5(1-4-8(19)20)9(6)11(15,16)17/h1-4,18H,(H,19,20)/b4-1+. The molecule has 0 radical (unpaired) electrons. The first-order valence-corrected chi connectivity index (χ1v) is 4.86. The quantitative estimate of drug-likeness (QED) is 0.649. The Morgan fingerprint density at radius 1 is 1.05 bits per heavy atom. The van der Waals surface area contributed by atoms with E-state index in [1.54, 1.807) is 0 Å².